The molecule has 164 valence electrons. The Labute approximate surface area is 180 Å². The van der Waals surface area contributed by atoms with Crippen molar-refractivity contribution < 1.29 is 4.74 Å². The summed E-state index contributed by atoms with van der Waals surface area (Å²) in [5.74, 6) is 1.78. The standard InChI is InChI=1S/C22H39N5OS/c1-19-7-11-27(12-8-19)20(21-6-5-17-29-21)18-25-22(23-2)24-9-3-4-10-26-13-15-28-16-14-26/h5-6,17,19-20H,3-4,7-16,18H2,1-2H3,(H2,23,24,25). The van der Waals surface area contributed by atoms with Gasteiger partial charge < -0.3 is 15.4 Å². The Balaban J connectivity index is 1.39. The largest absolute Gasteiger partial charge is 0.379 e. The molecule has 1 atom stereocenters. The second kappa shape index (κ2) is 12.5. The lowest BCUT2D eigenvalue weighted by molar-refractivity contribution is 0.0372. The molecule has 2 saturated heterocycles. The molecular weight excluding hydrogens is 382 g/mol. The zero-order chi connectivity index (χ0) is 20.3. The first-order chi connectivity index (χ1) is 14.3. The van der Waals surface area contributed by atoms with Crippen LogP contribution in [0.3, 0.4) is 0 Å². The molecule has 3 rings (SSSR count). The Bertz CT molecular complexity index is 580. The molecule has 7 heteroatoms. The molecule has 1 aromatic rings. The monoisotopic (exact) mass is 421 g/mol. The smallest absolute Gasteiger partial charge is 0.191 e. The summed E-state index contributed by atoms with van der Waals surface area (Å²) in [7, 11) is 1.87. The molecule has 0 aliphatic carbocycles. The molecule has 2 aliphatic heterocycles. The van der Waals surface area contributed by atoms with Crippen LogP contribution in [-0.4, -0.2) is 81.8 Å². The molecule has 0 radical (unpaired) electrons. The van der Waals surface area contributed by atoms with Gasteiger partial charge in [-0.1, -0.05) is 13.0 Å². The lowest BCUT2D eigenvalue weighted by Gasteiger charge is -2.36. The fourth-order valence-corrected chi connectivity index (χ4v) is 5.00. The van der Waals surface area contributed by atoms with Gasteiger partial charge in [0.2, 0.25) is 0 Å². The van der Waals surface area contributed by atoms with Gasteiger partial charge in [-0.2, -0.15) is 0 Å². The molecule has 1 aromatic heterocycles. The van der Waals surface area contributed by atoms with E-state index in [4.69, 9.17) is 4.74 Å². The van der Waals surface area contributed by atoms with Crippen molar-refractivity contribution in [1.29, 1.82) is 0 Å². The van der Waals surface area contributed by atoms with Crippen molar-refractivity contribution in [1.82, 2.24) is 20.4 Å². The van der Waals surface area contributed by atoms with E-state index in [9.17, 15) is 0 Å². The number of hydrogen-bond donors (Lipinski definition) is 2. The zero-order valence-corrected chi connectivity index (χ0v) is 19.1. The van der Waals surface area contributed by atoms with Crippen LogP contribution < -0.4 is 10.6 Å². The van der Waals surface area contributed by atoms with Crippen LogP contribution in [0, 0.1) is 5.92 Å². The summed E-state index contributed by atoms with van der Waals surface area (Å²) in [6.07, 6.45) is 4.99. The molecule has 29 heavy (non-hydrogen) atoms. The first kappa shape index (κ1) is 22.5. The number of thiophene rings is 1. The fraction of sp³-hybridized carbons (Fsp3) is 0.773. The van der Waals surface area contributed by atoms with Gasteiger partial charge in [0, 0.05) is 38.1 Å². The highest BCUT2D eigenvalue weighted by Crippen LogP contribution is 2.29. The van der Waals surface area contributed by atoms with Crippen molar-refractivity contribution in [2.75, 3.05) is 66.1 Å². The summed E-state index contributed by atoms with van der Waals surface area (Å²) >= 11 is 1.87. The quantitative estimate of drug-likeness (QED) is 0.365. The molecule has 0 amide bonds. The number of guanidine groups is 1. The van der Waals surface area contributed by atoms with Crippen molar-refractivity contribution in [2.45, 2.75) is 38.6 Å². The molecule has 2 N–H and O–H groups in total. The molecular formula is C22H39N5OS. The van der Waals surface area contributed by atoms with Crippen LogP contribution in [-0.2, 0) is 4.74 Å². The number of piperidine rings is 1. The highest BCUT2D eigenvalue weighted by molar-refractivity contribution is 7.10. The maximum Gasteiger partial charge on any atom is 0.191 e. The van der Waals surface area contributed by atoms with Gasteiger partial charge >= 0.3 is 0 Å². The Morgan fingerprint density at radius 1 is 1.21 bits per heavy atom. The van der Waals surface area contributed by atoms with Gasteiger partial charge in [-0.15, -0.1) is 11.3 Å². The van der Waals surface area contributed by atoms with Gasteiger partial charge in [0.05, 0.1) is 19.3 Å². The first-order valence-electron chi connectivity index (χ1n) is 11.3. The highest BCUT2D eigenvalue weighted by Gasteiger charge is 2.25. The van der Waals surface area contributed by atoms with E-state index in [1.165, 1.54) is 43.8 Å². The van der Waals surface area contributed by atoms with E-state index >= 15 is 0 Å². The van der Waals surface area contributed by atoms with Gasteiger partial charge in [-0.25, -0.2) is 0 Å². The van der Waals surface area contributed by atoms with Crippen molar-refractivity contribution in [3.8, 4) is 0 Å². The van der Waals surface area contributed by atoms with E-state index in [-0.39, 0.29) is 0 Å². The van der Waals surface area contributed by atoms with Crippen LogP contribution in [0.2, 0.25) is 0 Å². The van der Waals surface area contributed by atoms with E-state index in [0.717, 1.165) is 57.7 Å². The topological polar surface area (TPSA) is 52.1 Å². The minimum Gasteiger partial charge on any atom is -0.379 e. The van der Waals surface area contributed by atoms with Gasteiger partial charge in [0.1, 0.15) is 0 Å². The second-order valence-corrected chi connectivity index (χ2v) is 9.27. The lowest BCUT2D eigenvalue weighted by atomic mass is 9.97. The molecule has 1 unspecified atom stereocenters. The summed E-state index contributed by atoms with van der Waals surface area (Å²) < 4.78 is 5.41. The minimum absolute atomic E-state index is 0.433. The van der Waals surface area contributed by atoms with Crippen LogP contribution >= 0.6 is 11.3 Å². The molecule has 3 heterocycles. The molecule has 6 nitrogen and oxygen atoms in total. The predicted molar refractivity (Wildman–Crippen MR) is 123 cm³/mol. The zero-order valence-electron chi connectivity index (χ0n) is 18.2. The van der Waals surface area contributed by atoms with E-state index in [1.807, 2.05) is 18.4 Å². The van der Waals surface area contributed by atoms with Crippen molar-refractivity contribution >= 4 is 17.3 Å². The maximum atomic E-state index is 5.41. The van der Waals surface area contributed by atoms with Gasteiger partial charge in [-0.3, -0.25) is 14.8 Å². The Kier molecular flexibility index (Phi) is 9.73. The van der Waals surface area contributed by atoms with Crippen molar-refractivity contribution in [3.05, 3.63) is 22.4 Å². The normalized spacial score (nSPS) is 21.2. The Morgan fingerprint density at radius 2 is 2.00 bits per heavy atom. The lowest BCUT2D eigenvalue weighted by Crippen LogP contribution is -2.45. The fourth-order valence-electron chi connectivity index (χ4n) is 4.14. The van der Waals surface area contributed by atoms with Crippen LogP contribution in [0.1, 0.15) is 43.5 Å². The molecule has 0 spiro atoms. The molecule has 0 bridgehead atoms. The maximum absolute atomic E-state index is 5.41. The summed E-state index contributed by atoms with van der Waals surface area (Å²) in [6, 6.07) is 4.88. The average molecular weight is 422 g/mol. The third-order valence-electron chi connectivity index (χ3n) is 6.11. The number of morpholine rings is 1. The molecule has 0 saturated carbocycles. The van der Waals surface area contributed by atoms with Gasteiger partial charge in [0.25, 0.3) is 0 Å². The van der Waals surface area contributed by atoms with Gasteiger partial charge in [0.15, 0.2) is 5.96 Å². The molecule has 2 fully saturated rings. The van der Waals surface area contributed by atoms with E-state index in [1.54, 1.807) is 0 Å². The van der Waals surface area contributed by atoms with Crippen LogP contribution in [0.25, 0.3) is 0 Å². The van der Waals surface area contributed by atoms with Crippen molar-refractivity contribution in [2.24, 2.45) is 10.9 Å². The SMILES string of the molecule is CN=C(NCCCCN1CCOCC1)NCC(c1cccs1)N1CCC(C)CC1. The van der Waals surface area contributed by atoms with Crippen LogP contribution in [0.15, 0.2) is 22.5 Å². The van der Waals surface area contributed by atoms with E-state index in [0.29, 0.717) is 6.04 Å². The van der Waals surface area contributed by atoms with Crippen LogP contribution in [0.5, 0.6) is 0 Å². The second-order valence-electron chi connectivity index (χ2n) is 8.29. The third kappa shape index (κ3) is 7.55. The number of likely N-dealkylation sites (tertiary alicyclic amines) is 1. The third-order valence-corrected chi connectivity index (χ3v) is 7.09. The number of nitrogens with zero attached hydrogens (tertiary/aromatic N) is 3. The number of rotatable bonds is 9. The Morgan fingerprint density at radius 3 is 2.69 bits per heavy atom. The van der Waals surface area contributed by atoms with E-state index in [2.05, 4.69) is 49.9 Å². The minimum atomic E-state index is 0.433. The number of hydrogen-bond acceptors (Lipinski definition) is 5. The van der Waals surface area contributed by atoms with Crippen LogP contribution in [0.4, 0.5) is 0 Å². The summed E-state index contributed by atoms with van der Waals surface area (Å²) in [5, 5.41) is 9.27. The predicted octanol–water partition coefficient (Wildman–Crippen LogP) is 2.80. The summed E-state index contributed by atoms with van der Waals surface area (Å²) in [6.45, 7) is 11.7. The number of aliphatic imine (C=N–C) groups is 1. The highest BCUT2D eigenvalue weighted by atomic mass is 32.1. The number of ether oxygens (including phenoxy) is 1. The molecule has 0 aromatic carbocycles. The summed E-state index contributed by atoms with van der Waals surface area (Å²) in [4.78, 5) is 11.0. The number of unbranched alkanes of at least 4 members (excludes halogenated alkanes) is 1. The summed E-state index contributed by atoms with van der Waals surface area (Å²) in [5.41, 5.74) is 0. The van der Waals surface area contributed by atoms with Gasteiger partial charge in [-0.05, 0) is 62.7 Å². The number of nitrogens with one attached hydrogen (secondary N) is 2. The molecule has 2 aliphatic rings. The van der Waals surface area contributed by atoms with Crippen molar-refractivity contribution in [3.63, 3.8) is 0 Å². The average Bonchev–Trinajstić information content (AvgIpc) is 3.28. The van der Waals surface area contributed by atoms with E-state index < -0.39 is 0 Å². The first-order valence-corrected chi connectivity index (χ1v) is 12.2. The Hall–Kier alpha value is -1.15.